The molecule has 2 aliphatic rings. The molecule has 5 rings (SSSR count). The number of halogens is 3. The van der Waals surface area contributed by atoms with Crippen LogP contribution < -0.4 is 4.74 Å². The van der Waals surface area contributed by atoms with Gasteiger partial charge in [-0.3, -0.25) is 4.79 Å². The zero-order valence-electron chi connectivity index (χ0n) is 17.9. The summed E-state index contributed by atoms with van der Waals surface area (Å²) in [6.07, 6.45) is 0.434. The molecule has 4 heterocycles. The highest BCUT2D eigenvalue weighted by Crippen LogP contribution is 2.44. The van der Waals surface area contributed by atoms with Gasteiger partial charge in [0.25, 0.3) is 5.91 Å². The number of rotatable bonds is 4. The lowest BCUT2D eigenvalue weighted by Gasteiger charge is -2.37. The Morgan fingerprint density at radius 3 is 2.52 bits per heavy atom. The summed E-state index contributed by atoms with van der Waals surface area (Å²) in [6, 6.07) is 5.41. The molecule has 33 heavy (non-hydrogen) atoms. The van der Waals surface area contributed by atoms with E-state index in [1.807, 2.05) is 13.8 Å². The topological polar surface area (TPSA) is 86.0 Å². The quantitative estimate of drug-likeness (QED) is 0.595. The summed E-state index contributed by atoms with van der Waals surface area (Å²) >= 11 is 0. The summed E-state index contributed by atoms with van der Waals surface area (Å²) < 4.78 is 44.4. The van der Waals surface area contributed by atoms with Crippen molar-refractivity contribution in [2.24, 2.45) is 5.92 Å². The van der Waals surface area contributed by atoms with Crippen molar-refractivity contribution in [1.29, 1.82) is 0 Å². The zero-order valence-corrected chi connectivity index (χ0v) is 17.9. The number of carbonyl (C=O) groups excluding carboxylic acids is 1. The van der Waals surface area contributed by atoms with Crippen molar-refractivity contribution >= 4 is 5.91 Å². The van der Waals surface area contributed by atoms with E-state index < -0.39 is 11.7 Å². The maximum absolute atomic E-state index is 13.6. The van der Waals surface area contributed by atoms with Gasteiger partial charge in [0.1, 0.15) is 6.10 Å². The summed E-state index contributed by atoms with van der Waals surface area (Å²) in [5.41, 5.74) is 0.270. The van der Waals surface area contributed by atoms with E-state index in [0.29, 0.717) is 17.8 Å². The number of hydrogen-bond donors (Lipinski definition) is 0. The van der Waals surface area contributed by atoms with Crippen molar-refractivity contribution in [3.8, 4) is 11.7 Å². The Morgan fingerprint density at radius 2 is 1.88 bits per heavy atom. The van der Waals surface area contributed by atoms with Gasteiger partial charge in [0.05, 0.1) is 29.6 Å². The molecule has 1 aliphatic heterocycles. The average molecular weight is 458 g/mol. The lowest BCUT2D eigenvalue weighted by molar-refractivity contribution is -0.137. The van der Waals surface area contributed by atoms with E-state index in [1.165, 1.54) is 23.3 Å². The van der Waals surface area contributed by atoms with Gasteiger partial charge < -0.3 is 9.64 Å². The van der Waals surface area contributed by atoms with Crippen molar-refractivity contribution in [2.75, 3.05) is 0 Å². The Kier molecular flexibility index (Phi) is 5.06. The predicted octanol–water partition coefficient (Wildman–Crippen LogP) is 3.46. The third-order valence-electron chi connectivity index (χ3n) is 6.41. The van der Waals surface area contributed by atoms with Gasteiger partial charge in [-0.05, 0) is 50.8 Å². The first-order chi connectivity index (χ1) is 15.7. The van der Waals surface area contributed by atoms with Crippen LogP contribution in [-0.2, 0) is 6.18 Å². The summed E-state index contributed by atoms with van der Waals surface area (Å²) in [7, 11) is 0. The first-order valence-electron chi connectivity index (χ1n) is 10.6. The lowest BCUT2D eigenvalue weighted by atomic mass is 9.98. The molecule has 172 valence electrons. The second-order valence-electron chi connectivity index (χ2n) is 8.43. The highest BCUT2D eigenvalue weighted by atomic mass is 19.4. The minimum atomic E-state index is -4.46. The maximum Gasteiger partial charge on any atom is 0.417 e. The summed E-state index contributed by atoms with van der Waals surface area (Å²) in [6.45, 7) is 3.82. The van der Waals surface area contributed by atoms with Gasteiger partial charge >= 0.3 is 6.18 Å². The van der Waals surface area contributed by atoms with Crippen LogP contribution in [0.1, 0.15) is 41.4 Å². The number of amides is 1. The van der Waals surface area contributed by atoms with Crippen molar-refractivity contribution in [1.82, 2.24) is 29.9 Å². The third-order valence-corrected chi connectivity index (χ3v) is 6.41. The van der Waals surface area contributed by atoms with Gasteiger partial charge in [-0.15, -0.1) is 4.80 Å². The number of hydrogen-bond acceptors (Lipinski definition) is 6. The molecular formula is C22H21F3N6O2. The smallest absolute Gasteiger partial charge is 0.417 e. The number of pyridine rings is 2. The zero-order chi connectivity index (χ0) is 23.3. The summed E-state index contributed by atoms with van der Waals surface area (Å²) in [4.78, 5) is 25.0. The molecule has 0 radical (unpaired) electrons. The van der Waals surface area contributed by atoms with Crippen molar-refractivity contribution in [2.45, 2.75) is 51.1 Å². The molecule has 0 unspecified atom stereocenters. The largest absolute Gasteiger partial charge is 0.472 e. The second kappa shape index (κ2) is 7.82. The van der Waals surface area contributed by atoms with Gasteiger partial charge in [-0.2, -0.15) is 23.4 Å². The van der Waals surface area contributed by atoms with E-state index in [-0.39, 0.29) is 35.9 Å². The number of fused-ring (bicyclic) bond motifs is 2. The monoisotopic (exact) mass is 458 g/mol. The number of nitrogens with zero attached hydrogens (tertiary/aromatic N) is 6. The van der Waals surface area contributed by atoms with Crippen molar-refractivity contribution in [3.05, 3.63) is 59.7 Å². The van der Waals surface area contributed by atoms with Crippen molar-refractivity contribution in [3.63, 3.8) is 0 Å². The Labute approximate surface area is 187 Å². The molecule has 1 saturated carbocycles. The van der Waals surface area contributed by atoms with E-state index in [0.717, 1.165) is 24.4 Å². The fourth-order valence-corrected chi connectivity index (χ4v) is 4.79. The first kappa shape index (κ1) is 21.4. The highest BCUT2D eigenvalue weighted by molar-refractivity contribution is 5.97. The van der Waals surface area contributed by atoms with Crippen LogP contribution in [0.2, 0.25) is 0 Å². The van der Waals surface area contributed by atoms with Gasteiger partial charge in [0, 0.05) is 24.0 Å². The molecule has 2 fully saturated rings. The van der Waals surface area contributed by atoms with E-state index in [2.05, 4.69) is 20.2 Å². The number of carbonyl (C=O) groups is 1. The van der Waals surface area contributed by atoms with Gasteiger partial charge in [0.2, 0.25) is 5.88 Å². The minimum absolute atomic E-state index is 0.0114. The molecule has 3 aromatic rings. The lowest BCUT2D eigenvalue weighted by Crippen LogP contribution is -2.51. The average Bonchev–Trinajstić information content (AvgIpc) is 3.50. The molecule has 0 aromatic carbocycles. The van der Waals surface area contributed by atoms with Crippen LogP contribution in [0.5, 0.6) is 5.88 Å². The van der Waals surface area contributed by atoms with E-state index >= 15 is 0 Å². The summed E-state index contributed by atoms with van der Waals surface area (Å²) in [5, 5.41) is 8.24. The maximum atomic E-state index is 13.6. The standard InChI is InChI=1S/C22H21F3N6O2/c1-12-3-5-16(20(29-12)31-27-7-8-28-31)21(32)30-13(2)14-9-17(30)18(10-14)33-19-6-4-15(11-26-19)22(23,24)25/h3-8,11,13-14,17-18H,9-10H2,1-2H3/t13-,14-,17+,18-/m1/s1. The van der Waals surface area contributed by atoms with Gasteiger partial charge in [-0.25, -0.2) is 9.97 Å². The molecule has 11 heteroatoms. The molecule has 2 bridgehead atoms. The number of aryl methyl sites for hydroxylation is 1. The molecular weight excluding hydrogens is 437 g/mol. The van der Waals surface area contributed by atoms with Crippen LogP contribution in [0.4, 0.5) is 13.2 Å². The number of aromatic nitrogens is 5. The highest BCUT2D eigenvalue weighted by Gasteiger charge is 2.53. The molecule has 1 saturated heterocycles. The first-order valence-corrected chi connectivity index (χ1v) is 10.6. The Morgan fingerprint density at radius 1 is 1.12 bits per heavy atom. The van der Waals surface area contributed by atoms with E-state index in [1.54, 1.807) is 17.0 Å². The van der Waals surface area contributed by atoms with Crippen LogP contribution in [-0.4, -0.2) is 54.0 Å². The minimum Gasteiger partial charge on any atom is -0.472 e. The number of ether oxygens (including phenoxy) is 1. The van der Waals surface area contributed by atoms with Gasteiger partial charge in [-0.1, -0.05) is 0 Å². The summed E-state index contributed by atoms with van der Waals surface area (Å²) in [5.74, 6) is 0.479. The fourth-order valence-electron chi connectivity index (χ4n) is 4.79. The Bertz CT molecular complexity index is 1170. The fraction of sp³-hybridized carbons (Fsp3) is 0.409. The Hall–Kier alpha value is -3.50. The molecule has 1 amide bonds. The van der Waals surface area contributed by atoms with E-state index in [4.69, 9.17) is 4.74 Å². The molecule has 0 N–H and O–H groups in total. The third kappa shape index (κ3) is 3.81. The number of alkyl halides is 3. The number of likely N-dealkylation sites (tertiary alicyclic amines) is 1. The molecule has 3 aromatic heterocycles. The van der Waals surface area contributed by atoms with Crippen LogP contribution >= 0.6 is 0 Å². The van der Waals surface area contributed by atoms with E-state index in [9.17, 15) is 18.0 Å². The molecule has 8 nitrogen and oxygen atoms in total. The predicted molar refractivity (Wildman–Crippen MR) is 110 cm³/mol. The van der Waals surface area contributed by atoms with Crippen LogP contribution in [0, 0.1) is 12.8 Å². The number of piperidine rings is 1. The van der Waals surface area contributed by atoms with Crippen LogP contribution in [0.25, 0.3) is 5.82 Å². The second-order valence-corrected chi connectivity index (χ2v) is 8.43. The molecule has 1 aliphatic carbocycles. The van der Waals surface area contributed by atoms with Gasteiger partial charge in [0.15, 0.2) is 5.82 Å². The van der Waals surface area contributed by atoms with Crippen LogP contribution in [0.15, 0.2) is 42.9 Å². The Balaban J connectivity index is 1.39. The SMILES string of the molecule is Cc1ccc(C(=O)N2[C@H](C)[C@H]3C[C@@H](Oc4ccc(C(F)(F)F)cn4)[C@@H]2C3)c(-n2nccn2)n1. The van der Waals surface area contributed by atoms with Crippen molar-refractivity contribution < 1.29 is 22.7 Å². The van der Waals surface area contributed by atoms with Crippen LogP contribution in [0.3, 0.4) is 0 Å². The molecule has 4 atom stereocenters. The normalized spacial score (nSPS) is 24.3. The molecule has 0 spiro atoms.